The molecule has 2 aliphatic heterocycles. The number of amides is 3. The minimum atomic E-state index is -1.61. The molecule has 1 aromatic heterocycles. The molecule has 2 saturated heterocycles. The van der Waals surface area contributed by atoms with E-state index in [2.05, 4.69) is 20.8 Å². The standard InChI is InChI=1S/C23H34N6O7S/c1-13(27-36-23(5,6)19(32)33)29(15-12-37-20(25-15)26-21(34)35-22(2,3)4)17-14(24-18(17)31)11-28-10-8-7-9-16(28)30/h12,14,17H,7-11H2,1-6H3,(H,24,31)(H,32,33)(H,25,26,34)/t14-,17+/m1/s1. The summed E-state index contributed by atoms with van der Waals surface area (Å²) < 4.78 is 5.27. The van der Waals surface area contributed by atoms with Gasteiger partial charge >= 0.3 is 12.1 Å². The number of aliphatic carboxylic acids is 1. The van der Waals surface area contributed by atoms with E-state index in [0.717, 1.165) is 24.2 Å². The summed E-state index contributed by atoms with van der Waals surface area (Å²) in [5.41, 5.74) is -2.31. The van der Waals surface area contributed by atoms with E-state index < -0.39 is 35.3 Å². The van der Waals surface area contributed by atoms with Gasteiger partial charge in [0.2, 0.25) is 17.4 Å². The summed E-state index contributed by atoms with van der Waals surface area (Å²) in [5.74, 6) is -1.01. The number of nitrogens with zero attached hydrogens (tertiary/aromatic N) is 4. The number of amidine groups is 1. The molecular formula is C23H34N6O7S. The minimum absolute atomic E-state index is 0.0344. The smallest absolute Gasteiger partial charge is 0.413 e. The maximum absolute atomic E-state index is 12.8. The molecule has 14 heteroatoms. The van der Waals surface area contributed by atoms with E-state index in [9.17, 15) is 24.3 Å². The fourth-order valence-electron chi connectivity index (χ4n) is 3.77. The molecule has 0 spiro atoms. The normalized spacial score (nSPS) is 20.6. The molecule has 0 bridgehead atoms. The molecule has 1 aromatic rings. The van der Waals surface area contributed by atoms with E-state index in [0.29, 0.717) is 25.3 Å². The van der Waals surface area contributed by atoms with Crippen molar-refractivity contribution in [3.05, 3.63) is 5.38 Å². The molecule has 3 amide bonds. The molecule has 3 N–H and O–H groups in total. The summed E-state index contributed by atoms with van der Waals surface area (Å²) in [6, 6.07) is -1.21. The number of rotatable bonds is 8. The first-order chi connectivity index (χ1) is 17.2. The summed E-state index contributed by atoms with van der Waals surface area (Å²) in [6.07, 6.45) is 1.53. The lowest BCUT2D eigenvalue weighted by molar-refractivity contribution is -0.161. The van der Waals surface area contributed by atoms with E-state index in [1.54, 1.807) is 38.0 Å². The second kappa shape index (κ2) is 10.9. The molecular weight excluding hydrogens is 504 g/mol. The molecule has 13 nitrogen and oxygen atoms in total. The fourth-order valence-corrected chi connectivity index (χ4v) is 4.44. The Kier molecular flexibility index (Phi) is 8.30. The summed E-state index contributed by atoms with van der Waals surface area (Å²) in [6.45, 7) is 10.4. The van der Waals surface area contributed by atoms with Crippen molar-refractivity contribution < 1.29 is 33.9 Å². The van der Waals surface area contributed by atoms with Gasteiger partial charge < -0.3 is 24.9 Å². The van der Waals surface area contributed by atoms with Gasteiger partial charge in [-0.05, 0) is 54.4 Å². The first-order valence-electron chi connectivity index (χ1n) is 12.0. The Balaban J connectivity index is 1.87. The maximum atomic E-state index is 12.8. The number of piperidine rings is 1. The van der Waals surface area contributed by atoms with Crippen molar-refractivity contribution in [2.75, 3.05) is 23.3 Å². The first kappa shape index (κ1) is 28.2. The van der Waals surface area contributed by atoms with Crippen LogP contribution >= 0.6 is 11.3 Å². The number of carboxylic acid groups (broad SMARTS) is 1. The monoisotopic (exact) mass is 538 g/mol. The van der Waals surface area contributed by atoms with Gasteiger partial charge in [0.05, 0.1) is 6.04 Å². The Bertz CT molecular complexity index is 1080. The highest BCUT2D eigenvalue weighted by Crippen LogP contribution is 2.29. The van der Waals surface area contributed by atoms with Crippen molar-refractivity contribution in [1.82, 2.24) is 15.2 Å². The number of carboxylic acids is 1. The van der Waals surface area contributed by atoms with Gasteiger partial charge in [0.25, 0.3) is 0 Å². The predicted octanol–water partition coefficient (Wildman–Crippen LogP) is 2.39. The van der Waals surface area contributed by atoms with E-state index >= 15 is 0 Å². The second-order valence-electron chi connectivity index (χ2n) is 10.4. The molecule has 0 aliphatic carbocycles. The quantitative estimate of drug-likeness (QED) is 0.195. The van der Waals surface area contributed by atoms with Crippen LogP contribution in [-0.4, -0.2) is 81.1 Å². The van der Waals surface area contributed by atoms with E-state index in [4.69, 9.17) is 9.57 Å². The lowest BCUT2D eigenvalue weighted by Crippen LogP contribution is -2.73. The number of hydrogen-bond acceptors (Lipinski definition) is 9. The first-order valence-corrected chi connectivity index (χ1v) is 12.8. The van der Waals surface area contributed by atoms with Crippen LogP contribution in [0.5, 0.6) is 0 Å². The van der Waals surface area contributed by atoms with Crippen LogP contribution in [0.25, 0.3) is 0 Å². The zero-order chi connectivity index (χ0) is 27.5. The number of aromatic nitrogens is 1. The predicted molar refractivity (Wildman–Crippen MR) is 137 cm³/mol. The number of thiazole rings is 1. The van der Waals surface area contributed by atoms with Gasteiger partial charge in [-0.15, -0.1) is 11.3 Å². The van der Waals surface area contributed by atoms with E-state index in [1.165, 1.54) is 18.7 Å². The van der Waals surface area contributed by atoms with Gasteiger partial charge in [-0.1, -0.05) is 5.16 Å². The molecule has 0 unspecified atom stereocenters. The highest BCUT2D eigenvalue weighted by Gasteiger charge is 2.47. The van der Waals surface area contributed by atoms with Gasteiger partial charge in [0, 0.05) is 24.9 Å². The Hall–Kier alpha value is -3.42. The molecule has 0 aromatic carbocycles. The van der Waals surface area contributed by atoms with Crippen molar-refractivity contribution in [3.8, 4) is 0 Å². The number of carbonyl (C=O) groups is 4. The number of hydrogen-bond donors (Lipinski definition) is 3. The van der Waals surface area contributed by atoms with Gasteiger partial charge in [-0.3, -0.25) is 19.8 Å². The van der Waals surface area contributed by atoms with Gasteiger partial charge in [0.15, 0.2) is 5.13 Å². The Morgan fingerprint density at radius 3 is 2.59 bits per heavy atom. The third kappa shape index (κ3) is 7.08. The Labute approximate surface area is 219 Å². The second-order valence-corrected chi connectivity index (χ2v) is 11.3. The molecule has 2 aliphatic rings. The summed E-state index contributed by atoms with van der Waals surface area (Å²) in [7, 11) is 0. The molecule has 3 heterocycles. The zero-order valence-electron chi connectivity index (χ0n) is 21.9. The number of likely N-dealkylation sites (tertiary alicyclic amines) is 1. The highest BCUT2D eigenvalue weighted by atomic mass is 32.1. The van der Waals surface area contributed by atoms with Crippen molar-refractivity contribution in [2.24, 2.45) is 5.16 Å². The average molecular weight is 539 g/mol. The van der Waals surface area contributed by atoms with Crippen LogP contribution in [0.1, 0.15) is 60.8 Å². The summed E-state index contributed by atoms with van der Waals surface area (Å²) in [4.78, 5) is 61.7. The summed E-state index contributed by atoms with van der Waals surface area (Å²) in [5, 5.41) is 20.6. The van der Waals surface area contributed by atoms with Gasteiger partial charge in [-0.25, -0.2) is 14.6 Å². The van der Waals surface area contributed by atoms with Crippen LogP contribution in [0.2, 0.25) is 0 Å². The van der Waals surface area contributed by atoms with Crippen LogP contribution in [0, 0.1) is 0 Å². The topological polar surface area (TPSA) is 163 Å². The minimum Gasteiger partial charge on any atom is -0.478 e. The van der Waals surface area contributed by atoms with Crippen molar-refractivity contribution >= 4 is 52.0 Å². The molecule has 204 valence electrons. The van der Waals surface area contributed by atoms with Crippen molar-refractivity contribution in [2.45, 2.75) is 84.1 Å². The lowest BCUT2D eigenvalue weighted by atomic mass is 9.95. The zero-order valence-corrected chi connectivity index (χ0v) is 22.7. The van der Waals surface area contributed by atoms with Crippen LogP contribution in [0.3, 0.4) is 0 Å². The van der Waals surface area contributed by atoms with Gasteiger partial charge in [-0.2, -0.15) is 0 Å². The van der Waals surface area contributed by atoms with E-state index in [-0.39, 0.29) is 22.8 Å². The third-order valence-corrected chi connectivity index (χ3v) is 6.46. The summed E-state index contributed by atoms with van der Waals surface area (Å²) >= 11 is 1.12. The number of anilines is 2. The van der Waals surface area contributed by atoms with Gasteiger partial charge in [0.1, 0.15) is 23.3 Å². The Morgan fingerprint density at radius 2 is 2.00 bits per heavy atom. The van der Waals surface area contributed by atoms with Crippen LogP contribution in [-0.2, 0) is 24.0 Å². The number of β-lactam (4-membered cyclic amide) rings is 1. The largest absolute Gasteiger partial charge is 0.478 e. The third-order valence-electron chi connectivity index (χ3n) is 5.71. The van der Waals surface area contributed by atoms with Crippen LogP contribution in [0.4, 0.5) is 15.7 Å². The Morgan fingerprint density at radius 1 is 1.30 bits per heavy atom. The fraction of sp³-hybridized carbons (Fsp3) is 0.652. The van der Waals surface area contributed by atoms with Crippen molar-refractivity contribution in [1.29, 1.82) is 0 Å². The number of nitrogens with one attached hydrogen (secondary N) is 2. The van der Waals surface area contributed by atoms with Crippen LogP contribution in [0.15, 0.2) is 10.5 Å². The molecule has 37 heavy (non-hydrogen) atoms. The van der Waals surface area contributed by atoms with Crippen molar-refractivity contribution in [3.63, 3.8) is 0 Å². The SMILES string of the molecule is CC(=NOC(C)(C)C(=O)O)N(c1csc(NC(=O)OC(C)(C)C)n1)[C@@H]1C(=O)N[C@@H]1CN1CCCCC1=O. The molecule has 3 rings (SSSR count). The lowest BCUT2D eigenvalue weighted by Gasteiger charge is -2.45. The molecule has 2 fully saturated rings. The number of carbonyl (C=O) groups excluding carboxylic acids is 3. The van der Waals surface area contributed by atoms with Crippen LogP contribution < -0.4 is 15.5 Å². The molecule has 0 radical (unpaired) electrons. The van der Waals surface area contributed by atoms with E-state index in [1.807, 2.05) is 0 Å². The number of ether oxygens (including phenoxy) is 1. The number of oxime groups is 1. The molecule has 2 atom stereocenters. The maximum Gasteiger partial charge on any atom is 0.413 e. The average Bonchev–Trinajstić information content (AvgIpc) is 3.23. The highest BCUT2D eigenvalue weighted by molar-refractivity contribution is 7.14. The molecule has 0 saturated carbocycles.